The van der Waals surface area contributed by atoms with Crippen molar-refractivity contribution < 1.29 is 39.3 Å². The van der Waals surface area contributed by atoms with Crippen LogP contribution in [0.1, 0.15) is 13.3 Å². The number of carbonyl (C=O) groups is 5. The van der Waals surface area contributed by atoms with Crippen LogP contribution in [0.25, 0.3) is 0 Å². The molecule has 0 spiro atoms. The van der Waals surface area contributed by atoms with Gasteiger partial charge in [0.1, 0.15) is 6.04 Å². The highest BCUT2D eigenvalue weighted by Gasteiger charge is 2.26. The lowest BCUT2D eigenvalue weighted by molar-refractivity contribution is -0.145. The first-order chi connectivity index (χ1) is 11.1. The number of amides is 3. The maximum atomic E-state index is 11.8. The summed E-state index contributed by atoms with van der Waals surface area (Å²) in [6.45, 7) is 0.0192. The zero-order chi connectivity index (χ0) is 18.9. The van der Waals surface area contributed by atoms with Crippen molar-refractivity contribution in [2.24, 2.45) is 5.73 Å². The summed E-state index contributed by atoms with van der Waals surface area (Å²) in [5, 5.41) is 32.8. The first-order valence-electron chi connectivity index (χ1n) is 6.77. The van der Waals surface area contributed by atoms with Crippen LogP contribution in [0.15, 0.2) is 0 Å². The van der Waals surface area contributed by atoms with Gasteiger partial charge in [0, 0.05) is 0 Å². The fourth-order valence-electron chi connectivity index (χ4n) is 1.54. The number of aliphatic carboxylic acids is 2. The molecule has 0 saturated carbocycles. The molecular weight excluding hydrogens is 328 g/mol. The quantitative estimate of drug-likeness (QED) is 0.205. The molecule has 0 aliphatic heterocycles. The van der Waals surface area contributed by atoms with E-state index in [0.29, 0.717) is 0 Å². The van der Waals surface area contributed by atoms with Gasteiger partial charge < -0.3 is 37.0 Å². The third-order valence-electron chi connectivity index (χ3n) is 2.70. The number of hydrogen-bond donors (Lipinski definition) is 7. The number of carboxylic acids is 2. The molecule has 0 aromatic heterocycles. The fraction of sp³-hybridized carbons (Fsp3) is 0.583. The molecule has 3 atom stereocenters. The van der Waals surface area contributed by atoms with E-state index in [1.54, 1.807) is 0 Å². The SMILES string of the molecule is CC(O)C(NC(=O)CNC(=O)C(CC(=O)O)NC(=O)CN)C(=O)O. The van der Waals surface area contributed by atoms with Crippen molar-refractivity contribution in [3.63, 3.8) is 0 Å². The lowest BCUT2D eigenvalue weighted by Crippen LogP contribution is -2.53. The molecule has 8 N–H and O–H groups in total. The molecule has 0 fully saturated rings. The Morgan fingerprint density at radius 2 is 1.62 bits per heavy atom. The van der Waals surface area contributed by atoms with E-state index in [1.165, 1.54) is 0 Å². The molecule has 3 amide bonds. The zero-order valence-corrected chi connectivity index (χ0v) is 12.8. The highest BCUT2D eigenvalue weighted by atomic mass is 16.4. The summed E-state index contributed by atoms with van der Waals surface area (Å²) in [6.07, 6.45) is -2.10. The van der Waals surface area contributed by atoms with Gasteiger partial charge in [0.2, 0.25) is 17.7 Å². The minimum Gasteiger partial charge on any atom is -0.481 e. The third kappa shape index (κ3) is 8.05. The second-order valence-electron chi connectivity index (χ2n) is 4.76. The monoisotopic (exact) mass is 348 g/mol. The lowest BCUT2D eigenvalue weighted by atomic mass is 10.2. The molecule has 0 aliphatic carbocycles. The van der Waals surface area contributed by atoms with Crippen molar-refractivity contribution in [1.29, 1.82) is 0 Å². The summed E-state index contributed by atoms with van der Waals surface area (Å²) >= 11 is 0. The average Bonchev–Trinajstić information content (AvgIpc) is 2.48. The van der Waals surface area contributed by atoms with Gasteiger partial charge >= 0.3 is 11.9 Å². The van der Waals surface area contributed by atoms with Crippen LogP contribution in [-0.4, -0.2) is 76.3 Å². The predicted molar refractivity (Wildman–Crippen MR) is 77.5 cm³/mol. The van der Waals surface area contributed by atoms with Crippen molar-refractivity contribution in [3.8, 4) is 0 Å². The van der Waals surface area contributed by atoms with E-state index in [-0.39, 0.29) is 0 Å². The van der Waals surface area contributed by atoms with Gasteiger partial charge in [0.05, 0.1) is 25.6 Å². The van der Waals surface area contributed by atoms with Gasteiger partial charge in [-0.25, -0.2) is 4.79 Å². The largest absolute Gasteiger partial charge is 0.481 e. The molecule has 0 bridgehead atoms. The summed E-state index contributed by atoms with van der Waals surface area (Å²) in [7, 11) is 0. The molecule has 136 valence electrons. The third-order valence-corrected chi connectivity index (χ3v) is 2.70. The Morgan fingerprint density at radius 1 is 1.04 bits per heavy atom. The van der Waals surface area contributed by atoms with E-state index < -0.39 is 67.4 Å². The summed E-state index contributed by atoms with van der Waals surface area (Å²) in [5.41, 5.74) is 5.05. The maximum Gasteiger partial charge on any atom is 0.328 e. The summed E-state index contributed by atoms with van der Waals surface area (Å²) in [5.74, 6) is -5.48. The molecule has 12 heteroatoms. The van der Waals surface area contributed by atoms with Crippen molar-refractivity contribution in [1.82, 2.24) is 16.0 Å². The Kier molecular flexibility index (Phi) is 8.97. The van der Waals surface area contributed by atoms with Crippen LogP contribution in [0, 0.1) is 0 Å². The van der Waals surface area contributed by atoms with Gasteiger partial charge in [-0.3, -0.25) is 19.2 Å². The summed E-state index contributed by atoms with van der Waals surface area (Å²) in [4.78, 5) is 56.0. The molecule has 0 saturated heterocycles. The van der Waals surface area contributed by atoms with Crippen molar-refractivity contribution >= 4 is 29.7 Å². The number of nitrogens with two attached hydrogens (primary N) is 1. The standard InChI is InChI=1S/C12H20N4O8/c1-5(17)10(12(23)24)16-8(19)4-14-11(22)6(2-9(20)21)15-7(18)3-13/h5-6,10,17H,2-4,13H2,1H3,(H,14,22)(H,15,18)(H,16,19)(H,20,21)(H,23,24). The van der Waals surface area contributed by atoms with Gasteiger partial charge in [0.25, 0.3) is 0 Å². The van der Waals surface area contributed by atoms with E-state index in [9.17, 15) is 29.1 Å². The molecule has 0 aromatic rings. The predicted octanol–water partition coefficient (Wildman–Crippen LogP) is -4.03. The first-order valence-corrected chi connectivity index (χ1v) is 6.77. The highest BCUT2D eigenvalue weighted by Crippen LogP contribution is 1.95. The number of hydrogen-bond acceptors (Lipinski definition) is 7. The van der Waals surface area contributed by atoms with E-state index in [2.05, 4.69) is 10.6 Å². The number of nitrogens with one attached hydrogen (secondary N) is 3. The molecule has 3 unspecified atom stereocenters. The van der Waals surface area contributed by atoms with Crippen LogP contribution in [0.4, 0.5) is 0 Å². The maximum absolute atomic E-state index is 11.8. The highest BCUT2D eigenvalue weighted by molar-refractivity contribution is 5.93. The lowest BCUT2D eigenvalue weighted by Gasteiger charge is -2.19. The fourth-order valence-corrected chi connectivity index (χ4v) is 1.54. The number of aliphatic hydroxyl groups excluding tert-OH is 1. The molecular formula is C12H20N4O8. The number of aliphatic hydroxyl groups is 1. The average molecular weight is 348 g/mol. The smallest absolute Gasteiger partial charge is 0.328 e. The molecule has 0 radical (unpaired) electrons. The van der Waals surface area contributed by atoms with Crippen molar-refractivity contribution in [2.45, 2.75) is 31.5 Å². The topological polar surface area (TPSA) is 208 Å². The normalized spacial score (nSPS) is 14.0. The number of rotatable bonds is 10. The molecule has 0 aromatic carbocycles. The van der Waals surface area contributed by atoms with Gasteiger partial charge in [0.15, 0.2) is 6.04 Å². The minimum absolute atomic E-state index is 0.460. The Bertz CT molecular complexity index is 507. The van der Waals surface area contributed by atoms with Crippen LogP contribution in [-0.2, 0) is 24.0 Å². The first kappa shape index (κ1) is 21.3. The van der Waals surface area contributed by atoms with E-state index in [4.69, 9.17) is 15.9 Å². The second kappa shape index (κ2) is 10.1. The van der Waals surface area contributed by atoms with Crippen molar-refractivity contribution in [3.05, 3.63) is 0 Å². The van der Waals surface area contributed by atoms with Gasteiger partial charge in [-0.15, -0.1) is 0 Å². The second-order valence-corrected chi connectivity index (χ2v) is 4.76. The Labute approximate surface area is 136 Å². The Balaban J connectivity index is 4.64. The van der Waals surface area contributed by atoms with E-state index >= 15 is 0 Å². The summed E-state index contributed by atoms with van der Waals surface area (Å²) in [6, 6.07) is -3.01. The molecule has 24 heavy (non-hydrogen) atoms. The number of carbonyl (C=O) groups excluding carboxylic acids is 3. The molecule has 0 aliphatic rings. The Hall–Kier alpha value is -2.73. The van der Waals surface area contributed by atoms with Gasteiger partial charge in [-0.05, 0) is 6.92 Å². The van der Waals surface area contributed by atoms with Crippen LogP contribution >= 0.6 is 0 Å². The van der Waals surface area contributed by atoms with Gasteiger partial charge in [-0.1, -0.05) is 0 Å². The molecule has 12 nitrogen and oxygen atoms in total. The van der Waals surface area contributed by atoms with Crippen LogP contribution in [0.3, 0.4) is 0 Å². The van der Waals surface area contributed by atoms with Crippen LogP contribution in [0.2, 0.25) is 0 Å². The Morgan fingerprint density at radius 3 is 2.04 bits per heavy atom. The van der Waals surface area contributed by atoms with Gasteiger partial charge in [-0.2, -0.15) is 0 Å². The van der Waals surface area contributed by atoms with Crippen LogP contribution in [0.5, 0.6) is 0 Å². The summed E-state index contributed by atoms with van der Waals surface area (Å²) < 4.78 is 0. The van der Waals surface area contributed by atoms with Crippen molar-refractivity contribution in [2.75, 3.05) is 13.1 Å². The minimum atomic E-state index is -1.57. The van der Waals surface area contributed by atoms with Crippen LogP contribution < -0.4 is 21.7 Å². The molecule has 0 heterocycles. The molecule has 0 rings (SSSR count). The van der Waals surface area contributed by atoms with E-state index in [1.807, 2.05) is 5.32 Å². The van der Waals surface area contributed by atoms with E-state index in [0.717, 1.165) is 6.92 Å². The number of carboxylic acid groups (broad SMARTS) is 2. The zero-order valence-electron chi connectivity index (χ0n) is 12.8.